The first-order chi connectivity index (χ1) is 17.6. The van der Waals surface area contributed by atoms with Crippen LogP contribution >= 0.6 is 0 Å². The molecular formula is C26H29F3N6O2. The zero-order valence-electron chi connectivity index (χ0n) is 20.7. The Morgan fingerprint density at radius 3 is 2.38 bits per heavy atom. The molecular weight excluding hydrogens is 485 g/mol. The van der Waals surface area contributed by atoms with Gasteiger partial charge < -0.3 is 20.5 Å². The number of aryl methyl sites for hydroxylation is 1. The molecule has 8 nitrogen and oxygen atoms in total. The number of carbonyl (C=O) groups excluding carboxylic acids is 2. The van der Waals surface area contributed by atoms with Crippen molar-refractivity contribution in [2.45, 2.75) is 26.6 Å². The van der Waals surface area contributed by atoms with Crippen molar-refractivity contribution in [3.8, 4) is 0 Å². The zero-order chi connectivity index (χ0) is 26.6. The Labute approximate surface area is 212 Å². The van der Waals surface area contributed by atoms with Gasteiger partial charge in [-0.05, 0) is 48.9 Å². The molecule has 2 heterocycles. The fourth-order valence-corrected chi connectivity index (χ4v) is 4.23. The van der Waals surface area contributed by atoms with Crippen molar-refractivity contribution in [1.29, 1.82) is 0 Å². The fraction of sp³-hybridized carbons (Fsp3) is 0.346. The molecule has 196 valence electrons. The van der Waals surface area contributed by atoms with Crippen LogP contribution in [0.15, 0.2) is 48.8 Å². The van der Waals surface area contributed by atoms with Gasteiger partial charge in [-0.15, -0.1) is 0 Å². The lowest BCUT2D eigenvalue weighted by atomic mass is 10.0. The average Bonchev–Trinajstić information content (AvgIpc) is 3.41. The first kappa shape index (κ1) is 26.4. The number of nitrogens with one attached hydrogen (secondary N) is 3. The summed E-state index contributed by atoms with van der Waals surface area (Å²) in [6.07, 6.45) is -1.62. The monoisotopic (exact) mass is 514 g/mol. The summed E-state index contributed by atoms with van der Waals surface area (Å²) in [6.45, 7) is 7.96. The Balaban J connectivity index is 1.49. The van der Waals surface area contributed by atoms with Crippen LogP contribution in [0.2, 0.25) is 0 Å². The smallest absolute Gasteiger partial charge is 0.341 e. The van der Waals surface area contributed by atoms with Crippen molar-refractivity contribution in [3.05, 3.63) is 76.9 Å². The largest absolute Gasteiger partial charge is 0.416 e. The van der Waals surface area contributed by atoms with E-state index in [4.69, 9.17) is 0 Å². The number of rotatable bonds is 7. The number of halogens is 3. The highest BCUT2D eigenvalue weighted by molar-refractivity contribution is 6.06. The molecule has 1 aromatic heterocycles. The minimum atomic E-state index is -4.59. The first-order valence-corrected chi connectivity index (χ1v) is 12.0. The SMILES string of the molecule is CCN1CCN(Cc2ccc(C(=O)Nc3ccc(C)c(NC(=O)c4ncc[nH]4)c3)cc2C(F)(F)F)CC1. The van der Waals surface area contributed by atoms with Crippen LogP contribution in [0, 0.1) is 6.92 Å². The number of carbonyl (C=O) groups is 2. The van der Waals surface area contributed by atoms with Gasteiger partial charge in [-0.1, -0.05) is 19.1 Å². The Morgan fingerprint density at radius 2 is 1.73 bits per heavy atom. The van der Waals surface area contributed by atoms with E-state index in [-0.39, 0.29) is 23.5 Å². The van der Waals surface area contributed by atoms with Crippen molar-refractivity contribution in [2.75, 3.05) is 43.4 Å². The van der Waals surface area contributed by atoms with E-state index >= 15 is 0 Å². The number of amides is 2. The Hall–Kier alpha value is -3.70. The van der Waals surface area contributed by atoms with Gasteiger partial charge in [-0.2, -0.15) is 13.2 Å². The molecule has 2 amide bonds. The molecule has 0 bridgehead atoms. The van der Waals surface area contributed by atoms with Crippen LogP contribution in [0.1, 0.15) is 44.6 Å². The number of alkyl halides is 3. The molecule has 0 radical (unpaired) electrons. The minimum absolute atomic E-state index is 0.103. The normalized spacial score (nSPS) is 14.9. The van der Waals surface area contributed by atoms with Crippen molar-refractivity contribution in [3.63, 3.8) is 0 Å². The number of benzene rings is 2. The lowest BCUT2D eigenvalue weighted by molar-refractivity contribution is -0.138. The fourth-order valence-electron chi connectivity index (χ4n) is 4.23. The Bertz CT molecular complexity index is 1250. The molecule has 0 aliphatic carbocycles. The quantitative estimate of drug-likeness (QED) is 0.435. The van der Waals surface area contributed by atoms with Crippen molar-refractivity contribution in [2.24, 2.45) is 0 Å². The van der Waals surface area contributed by atoms with Gasteiger partial charge in [0.25, 0.3) is 11.8 Å². The highest BCUT2D eigenvalue weighted by Gasteiger charge is 2.34. The molecule has 1 aliphatic rings. The summed E-state index contributed by atoms with van der Waals surface area (Å²) in [4.78, 5) is 36.1. The molecule has 1 fully saturated rings. The molecule has 11 heteroatoms. The third kappa shape index (κ3) is 6.55. The number of hydrogen-bond donors (Lipinski definition) is 3. The molecule has 0 unspecified atom stereocenters. The summed E-state index contributed by atoms with van der Waals surface area (Å²) in [7, 11) is 0. The molecule has 0 saturated carbocycles. The minimum Gasteiger partial charge on any atom is -0.341 e. The summed E-state index contributed by atoms with van der Waals surface area (Å²) in [6, 6.07) is 8.55. The van der Waals surface area contributed by atoms with E-state index in [1.165, 1.54) is 24.5 Å². The molecule has 2 aromatic carbocycles. The number of hydrogen-bond acceptors (Lipinski definition) is 5. The number of likely N-dealkylation sites (N-methyl/N-ethyl adjacent to an activating group) is 1. The topological polar surface area (TPSA) is 93.4 Å². The van der Waals surface area contributed by atoms with Crippen LogP contribution in [0.3, 0.4) is 0 Å². The van der Waals surface area contributed by atoms with Crippen molar-refractivity contribution < 1.29 is 22.8 Å². The van der Waals surface area contributed by atoms with E-state index in [2.05, 4.69) is 32.4 Å². The molecule has 1 saturated heterocycles. The summed E-state index contributed by atoms with van der Waals surface area (Å²) >= 11 is 0. The number of imidazole rings is 1. The predicted octanol–water partition coefficient (Wildman–Crippen LogP) is 4.38. The molecule has 37 heavy (non-hydrogen) atoms. The van der Waals surface area contributed by atoms with Gasteiger partial charge in [-0.25, -0.2) is 4.98 Å². The highest BCUT2D eigenvalue weighted by Crippen LogP contribution is 2.34. The maximum absolute atomic E-state index is 13.9. The summed E-state index contributed by atoms with van der Waals surface area (Å²) in [5, 5.41) is 5.33. The summed E-state index contributed by atoms with van der Waals surface area (Å²) in [5.41, 5.74) is 0.737. The maximum Gasteiger partial charge on any atom is 0.416 e. The van der Waals surface area contributed by atoms with E-state index < -0.39 is 23.6 Å². The van der Waals surface area contributed by atoms with Crippen LogP contribution in [0.25, 0.3) is 0 Å². The lowest BCUT2D eigenvalue weighted by Crippen LogP contribution is -2.45. The van der Waals surface area contributed by atoms with Gasteiger partial charge in [-0.3, -0.25) is 14.5 Å². The molecule has 3 aromatic rings. The van der Waals surface area contributed by atoms with Crippen molar-refractivity contribution in [1.82, 2.24) is 19.8 Å². The van der Waals surface area contributed by atoms with Gasteiger partial charge in [0, 0.05) is 62.1 Å². The molecule has 3 N–H and O–H groups in total. The molecule has 0 atom stereocenters. The van der Waals surface area contributed by atoms with Crippen LogP contribution in [0.4, 0.5) is 24.5 Å². The predicted molar refractivity (Wildman–Crippen MR) is 135 cm³/mol. The Morgan fingerprint density at radius 1 is 1.00 bits per heavy atom. The van der Waals surface area contributed by atoms with Crippen LogP contribution in [0.5, 0.6) is 0 Å². The molecule has 0 spiro atoms. The number of aromatic nitrogens is 2. The van der Waals surface area contributed by atoms with Crippen LogP contribution in [-0.2, 0) is 12.7 Å². The maximum atomic E-state index is 13.9. The standard InChI is InChI=1S/C26H29F3N6O2/c1-3-34-10-12-35(13-11-34)16-19-6-5-18(14-21(19)26(27,28)29)24(36)32-20-7-4-17(2)22(15-20)33-25(37)23-30-8-9-31-23/h4-9,14-15H,3,10-13,16H2,1-2H3,(H,30,31)(H,32,36)(H,33,37). The second-order valence-corrected chi connectivity index (χ2v) is 8.96. The summed E-state index contributed by atoms with van der Waals surface area (Å²) in [5.74, 6) is -1.01. The van der Waals surface area contributed by atoms with Gasteiger partial charge in [0.05, 0.1) is 5.56 Å². The second-order valence-electron chi connectivity index (χ2n) is 8.96. The van der Waals surface area contributed by atoms with E-state index in [0.29, 0.717) is 24.5 Å². The van der Waals surface area contributed by atoms with E-state index in [9.17, 15) is 22.8 Å². The third-order valence-electron chi connectivity index (χ3n) is 6.44. The van der Waals surface area contributed by atoms with E-state index in [1.54, 1.807) is 25.1 Å². The van der Waals surface area contributed by atoms with Crippen LogP contribution in [-0.4, -0.2) is 64.3 Å². The average molecular weight is 515 g/mol. The molecule has 1 aliphatic heterocycles. The Kier molecular flexibility index (Phi) is 7.94. The van der Waals surface area contributed by atoms with Gasteiger partial charge >= 0.3 is 6.18 Å². The van der Waals surface area contributed by atoms with Gasteiger partial charge in [0.15, 0.2) is 5.82 Å². The number of anilines is 2. The first-order valence-electron chi connectivity index (χ1n) is 12.0. The van der Waals surface area contributed by atoms with Gasteiger partial charge in [0.1, 0.15) is 0 Å². The zero-order valence-corrected chi connectivity index (χ0v) is 20.7. The number of H-pyrrole nitrogens is 1. The van der Waals surface area contributed by atoms with Crippen LogP contribution < -0.4 is 10.6 Å². The third-order valence-corrected chi connectivity index (χ3v) is 6.44. The summed E-state index contributed by atoms with van der Waals surface area (Å²) < 4.78 is 41.8. The van der Waals surface area contributed by atoms with Crippen molar-refractivity contribution >= 4 is 23.2 Å². The lowest BCUT2D eigenvalue weighted by Gasteiger charge is -2.34. The molecule has 4 rings (SSSR count). The van der Waals surface area contributed by atoms with E-state index in [1.807, 2.05) is 4.90 Å². The van der Waals surface area contributed by atoms with E-state index in [0.717, 1.165) is 31.3 Å². The number of piperazine rings is 1. The highest BCUT2D eigenvalue weighted by atomic mass is 19.4. The number of aromatic amines is 1. The number of nitrogens with zero attached hydrogens (tertiary/aromatic N) is 3. The second kappa shape index (κ2) is 11.1. The van der Waals surface area contributed by atoms with Gasteiger partial charge in [0.2, 0.25) is 0 Å².